The molecule has 96 valence electrons. The Morgan fingerprint density at radius 1 is 1.33 bits per heavy atom. The van der Waals surface area contributed by atoms with E-state index in [9.17, 15) is 0 Å². The Morgan fingerprint density at radius 2 is 2.11 bits per heavy atom. The van der Waals surface area contributed by atoms with Crippen LogP contribution in [0.2, 0.25) is 0 Å². The summed E-state index contributed by atoms with van der Waals surface area (Å²) in [7, 11) is 0. The molecule has 0 N–H and O–H groups in total. The van der Waals surface area contributed by atoms with Crippen LogP contribution < -0.4 is 0 Å². The van der Waals surface area contributed by atoms with Crippen LogP contribution >= 0.6 is 39.0 Å². The summed E-state index contributed by atoms with van der Waals surface area (Å²) in [4.78, 5) is 4.70. The van der Waals surface area contributed by atoms with Gasteiger partial charge in [-0.05, 0) is 12.1 Å². The van der Waals surface area contributed by atoms with Crippen molar-refractivity contribution in [1.82, 2.24) is 4.98 Å². The smallest absolute Gasteiger partial charge is 0.103 e. The molecule has 0 saturated carbocycles. The molecule has 0 amide bonds. The highest BCUT2D eigenvalue weighted by Crippen LogP contribution is 2.30. The third-order valence-electron chi connectivity index (χ3n) is 2.30. The third-order valence-corrected chi connectivity index (χ3v) is 5.11. The van der Waals surface area contributed by atoms with Crippen LogP contribution in [0.5, 0.6) is 0 Å². The number of thioether (sulfide) groups is 1. The second-order valence-electron chi connectivity index (χ2n) is 5.04. The monoisotopic (exact) mass is 341 g/mol. The molecule has 0 aliphatic heterocycles. The Kier molecular flexibility index (Phi) is 4.51. The molecule has 4 heteroatoms. The Balaban J connectivity index is 2.11. The van der Waals surface area contributed by atoms with Crippen LogP contribution in [0, 0.1) is 0 Å². The first-order chi connectivity index (χ1) is 8.44. The van der Waals surface area contributed by atoms with Gasteiger partial charge in [-0.3, -0.25) is 0 Å². The Labute approximate surface area is 125 Å². The molecule has 0 spiro atoms. The fraction of sp³-hybridized carbons (Fsp3) is 0.357. The highest BCUT2D eigenvalue weighted by atomic mass is 79.9. The summed E-state index contributed by atoms with van der Waals surface area (Å²) in [6.45, 7) is 6.71. The third kappa shape index (κ3) is 4.11. The first-order valence-electron chi connectivity index (χ1n) is 5.78. The molecule has 0 fully saturated rings. The van der Waals surface area contributed by atoms with Gasteiger partial charge in [0.2, 0.25) is 0 Å². The van der Waals surface area contributed by atoms with Gasteiger partial charge in [0.15, 0.2) is 0 Å². The number of halogens is 1. The Morgan fingerprint density at radius 3 is 2.78 bits per heavy atom. The molecule has 0 atom stereocenters. The topological polar surface area (TPSA) is 12.9 Å². The van der Waals surface area contributed by atoms with Gasteiger partial charge in [0, 0.05) is 25.9 Å². The van der Waals surface area contributed by atoms with E-state index in [1.165, 1.54) is 10.6 Å². The van der Waals surface area contributed by atoms with Crippen LogP contribution in [-0.4, -0.2) is 9.73 Å². The van der Waals surface area contributed by atoms with Gasteiger partial charge in [0.25, 0.3) is 0 Å². The van der Waals surface area contributed by atoms with E-state index in [0.29, 0.717) is 4.75 Å². The lowest BCUT2D eigenvalue weighted by atomic mass is 10.2. The molecule has 18 heavy (non-hydrogen) atoms. The van der Waals surface area contributed by atoms with Gasteiger partial charge in [0.1, 0.15) is 5.01 Å². The maximum atomic E-state index is 4.70. The van der Waals surface area contributed by atoms with Crippen LogP contribution in [0.1, 0.15) is 25.8 Å². The van der Waals surface area contributed by atoms with Crippen molar-refractivity contribution in [3.8, 4) is 11.3 Å². The van der Waals surface area contributed by atoms with Crippen LogP contribution in [0.15, 0.2) is 34.1 Å². The van der Waals surface area contributed by atoms with Crippen molar-refractivity contribution in [3.05, 3.63) is 39.1 Å². The second kappa shape index (κ2) is 5.76. The molecule has 0 saturated heterocycles. The quantitative estimate of drug-likeness (QED) is 0.720. The molecule has 0 aliphatic carbocycles. The fourth-order valence-corrected chi connectivity index (χ4v) is 3.49. The fourth-order valence-electron chi connectivity index (χ4n) is 1.44. The molecule has 0 unspecified atom stereocenters. The van der Waals surface area contributed by atoms with E-state index >= 15 is 0 Å². The average molecular weight is 342 g/mol. The van der Waals surface area contributed by atoms with Gasteiger partial charge >= 0.3 is 0 Å². The summed E-state index contributed by atoms with van der Waals surface area (Å²) in [5, 5.41) is 3.34. The summed E-state index contributed by atoms with van der Waals surface area (Å²) in [5.41, 5.74) is 2.25. The molecule has 1 heterocycles. The molecular formula is C14H16BrNS2. The lowest BCUT2D eigenvalue weighted by Crippen LogP contribution is -2.07. The summed E-state index contributed by atoms with van der Waals surface area (Å²) in [5.74, 6) is 0.988. The molecule has 1 aromatic heterocycles. The van der Waals surface area contributed by atoms with Crippen LogP contribution in [0.25, 0.3) is 11.3 Å². The van der Waals surface area contributed by atoms with Crippen molar-refractivity contribution >= 4 is 39.0 Å². The predicted molar refractivity (Wildman–Crippen MR) is 86.3 cm³/mol. The van der Waals surface area contributed by atoms with Gasteiger partial charge in [-0.15, -0.1) is 23.1 Å². The number of hydrogen-bond donors (Lipinski definition) is 0. The molecule has 2 rings (SSSR count). The van der Waals surface area contributed by atoms with E-state index in [4.69, 9.17) is 4.98 Å². The van der Waals surface area contributed by atoms with E-state index < -0.39 is 0 Å². The van der Waals surface area contributed by atoms with E-state index in [0.717, 1.165) is 15.9 Å². The van der Waals surface area contributed by atoms with Crippen molar-refractivity contribution in [1.29, 1.82) is 0 Å². The van der Waals surface area contributed by atoms with Gasteiger partial charge in [0.05, 0.1) is 5.69 Å². The Hall–Kier alpha value is -0.320. The van der Waals surface area contributed by atoms with E-state index in [1.807, 2.05) is 23.9 Å². The normalized spacial score (nSPS) is 11.8. The summed E-state index contributed by atoms with van der Waals surface area (Å²) in [6.07, 6.45) is 0. The van der Waals surface area contributed by atoms with Gasteiger partial charge in [-0.25, -0.2) is 4.98 Å². The van der Waals surface area contributed by atoms with E-state index in [1.54, 1.807) is 11.3 Å². The zero-order chi connectivity index (χ0) is 13.2. The molecule has 0 bridgehead atoms. The highest BCUT2D eigenvalue weighted by molar-refractivity contribution is 9.10. The van der Waals surface area contributed by atoms with Crippen molar-refractivity contribution in [3.63, 3.8) is 0 Å². The minimum Gasteiger partial charge on any atom is -0.240 e. The van der Waals surface area contributed by atoms with Crippen LogP contribution in [0.3, 0.4) is 0 Å². The van der Waals surface area contributed by atoms with E-state index in [2.05, 4.69) is 54.2 Å². The van der Waals surface area contributed by atoms with Gasteiger partial charge in [-0.1, -0.05) is 48.8 Å². The maximum Gasteiger partial charge on any atom is 0.103 e. The van der Waals surface area contributed by atoms with Crippen molar-refractivity contribution in [2.75, 3.05) is 0 Å². The Bertz CT molecular complexity index is 529. The van der Waals surface area contributed by atoms with Crippen LogP contribution in [-0.2, 0) is 5.75 Å². The number of hydrogen-bond acceptors (Lipinski definition) is 3. The van der Waals surface area contributed by atoms with Gasteiger partial charge in [-0.2, -0.15) is 0 Å². The number of nitrogens with zero attached hydrogens (tertiary/aromatic N) is 1. The lowest BCUT2D eigenvalue weighted by Gasteiger charge is -2.16. The largest absolute Gasteiger partial charge is 0.240 e. The molecule has 0 aliphatic rings. The average Bonchev–Trinajstić information content (AvgIpc) is 2.74. The lowest BCUT2D eigenvalue weighted by molar-refractivity contribution is 0.802. The SMILES string of the molecule is CC(C)(C)SCc1nc(-c2cccc(Br)c2)cs1. The molecule has 2 aromatic rings. The number of benzene rings is 1. The van der Waals surface area contributed by atoms with Crippen LogP contribution in [0.4, 0.5) is 0 Å². The highest BCUT2D eigenvalue weighted by Gasteiger charge is 2.12. The van der Waals surface area contributed by atoms with Crippen molar-refractivity contribution < 1.29 is 0 Å². The molecule has 0 radical (unpaired) electrons. The molecular weight excluding hydrogens is 326 g/mol. The first-order valence-corrected chi connectivity index (χ1v) is 8.44. The standard InChI is InChI=1S/C14H16BrNS2/c1-14(2,3)18-9-13-16-12(8-17-13)10-5-4-6-11(15)7-10/h4-8H,9H2,1-3H3. The number of thiazole rings is 1. The zero-order valence-corrected chi connectivity index (χ0v) is 14.0. The molecule has 1 nitrogen and oxygen atoms in total. The van der Waals surface area contributed by atoms with Crippen molar-refractivity contribution in [2.45, 2.75) is 31.3 Å². The maximum absolute atomic E-state index is 4.70. The summed E-state index contributed by atoms with van der Waals surface area (Å²) >= 11 is 7.18. The van der Waals surface area contributed by atoms with E-state index in [-0.39, 0.29) is 0 Å². The second-order valence-corrected chi connectivity index (χ2v) is 8.70. The predicted octanol–water partition coefficient (Wildman–Crippen LogP) is 5.60. The van der Waals surface area contributed by atoms with Crippen molar-refractivity contribution in [2.24, 2.45) is 0 Å². The zero-order valence-electron chi connectivity index (χ0n) is 10.7. The molecule has 1 aromatic carbocycles. The summed E-state index contributed by atoms with van der Waals surface area (Å²) < 4.78 is 1.39. The minimum absolute atomic E-state index is 0.293. The minimum atomic E-state index is 0.293. The first kappa shape index (κ1) is 14.1. The number of rotatable bonds is 3. The van der Waals surface area contributed by atoms with Gasteiger partial charge < -0.3 is 0 Å². The number of aromatic nitrogens is 1. The summed E-state index contributed by atoms with van der Waals surface area (Å²) in [6, 6.07) is 8.28.